The topological polar surface area (TPSA) is 90.8 Å². The second kappa shape index (κ2) is 12.6. The summed E-state index contributed by atoms with van der Waals surface area (Å²) in [6.07, 6.45) is -12.1. The molecule has 1 unspecified atom stereocenters. The Morgan fingerprint density at radius 3 is 2.02 bits per heavy atom. The molecule has 0 saturated carbocycles. The van der Waals surface area contributed by atoms with Crippen LogP contribution in [0.15, 0.2) is 78.9 Å². The van der Waals surface area contributed by atoms with Crippen molar-refractivity contribution in [3.05, 3.63) is 101 Å². The maximum atomic E-state index is 13.3. The average Bonchev–Trinajstić information content (AvgIpc) is 2.85. The van der Waals surface area contributed by atoms with Gasteiger partial charge in [-0.15, -0.1) is 13.2 Å². The normalized spacial score (nSPS) is 15.0. The van der Waals surface area contributed by atoms with Gasteiger partial charge in [0.25, 0.3) is 0 Å². The number of benzene rings is 3. The molecular formula is C28H28F6N2O4. The highest BCUT2D eigenvalue weighted by Gasteiger charge is 2.39. The van der Waals surface area contributed by atoms with Crippen LogP contribution in [0.3, 0.4) is 0 Å². The monoisotopic (exact) mass is 570 g/mol. The van der Waals surface area contributed by atoms with Gasteiger partial charge in [-0.1, -0.05) is 66.7 Å². The zero-order chi connectivity index (χ0) is 29.6. The Hall–Kier alpha value is -3.77. The van der Waals surface area contributed by atoms with Gasteiger partial charge >= 0.3 is 18.6 Å². The Kier molecular flexibility index (Phi) is 9.69. The van der Waals surface area contributed by atoms with Crippen LogP contribution in [0.1, 0.15) is 29.2 Å². The number of amides is 2. The second-order valence-electron chi connectivity index (χ2n) is 9.26. The first kappa shape index (κ1) is 30.8. The van der Waals surface area contributed by atoms with Crippen LogP contribution in [0, 0.1) is 0 Å². The number of hydrogen-bond acceptors (Lipinski definition) is 4. The summed E-state index contributed by atoms with van der Waals surface area (Å²) in [7, 11) is 0. The molecule has 0 spiro atoms. The minimum atomic E-state index is -5.02. The van der Waals surface area contributed by atoms with Crippen LogP contribution in [0.5, 0.6) is 5.75 Å². The van der Waals surface area contributed by atoms with Gasteiger partial charge in [-0.3, -0.25) is 0 Å². The zero-order valence-corrected chi connectivity index (χ0v) is 21.3. The lowest BCUT2D eigenvalue weighted by Gasteiger charge is -2.37. The lowest BCUT2D eigenvalue weighted by molar-refractivity contribution is -0.274. The second-order valence-corrected chi connectivity index (χ2v) is 9.26. The third-order valence-electron chi connectivity index (χ3n) is 6.12. The Balaban J connectivity index is 2.24. The van der Waals surface area contributed by atoms with Gasteiger partial charge in [0.2, 0.25) is 0 Å². The van der Waals surface area contributed by atoms with Crippen molar-refractivity contribution >= 4 is 6.03 Å². The Morgan fingerprint density at radius 2 is 1.45 bits per heavy atom. The molecule has 0 bridgehead atoms. The lowest BCUT2D eigenvalue weighted by Crippen LogP contribution is -2.56. The number of rotatable bonds is 10. The van der Waals surface area contributed by atoms with Crippen LogP contribution in [-0.2, 0) is 18.4 Å². The standard InChI is InChI=1S/C28H28F6N2O4/c1-18(38)24(17-37)35-25(39)36-26(15-19-7-3-2-4-8-19,21-10-5-9-20(13-21)16-27(29,30)31)22-11-6-12-23(14-22)40-28(32,33)34/h2-14,18,24,37-38H,15-17H2,1H3,(H2,35,36,39)/t18-,24-,26?/m1/s1. The number of urea groups is 1. The summed E-state index contributed by atoms with van der Waals surface area (Å²) in [5.41, 5.74) is -1.04. The van der Waals surface area contributed by atoms with Crippen LogP contribution in [-0.4, -0.2) is 47.5 Å². The molecule has 4 N–H and O–H groups in total. The van der Waals surface area contributed by atoms with E-state index in [-0.39, 0.29) is 23.1 Å². The highest BCUT2D eigenvalue weighted by Crippen LogP contribution is 2.37. The average molecular weight is 571 g/mol. The fourth-order valence-electron chi connectivity index (χ4n) is 4.32. The molecule has 12 heteroatoms. The van der Waals surface area contributed by atoms with E-state index in [1.54, 1.807) is 30.3 Å². The Morgan fingerprint density at radius 1 is 0.850 bits per heavy atom. The van der Waals surface area contributed by atoms with Crippen molar-refractivity contribution in [2.45, 2.75) is 50.0 Å². The minimum Gasteiger partial charge on any atom is -0.406 e. The molecule has 6 nitrogen and oxygen atoms in total. The summed E-state index contributed by atoms with van der Waals surface area (Å²) in [5.74, 6) is -0.603. The molecule has 2 amide bonds. The number of alkyl halides is 6. The molecule has 3 rings (SSSR count). The largest absolute Gasteiger partial charge is 0.573 e. The number of carbonyl (C=O) groups excluding carboxylic acids is 1. The summed E-state index contributed by atoms with van der Waals surface area (Å²) in [6.45, 7) is 0.698. The molecule has 40 heavy (non-hydrogen) atoms. The van der Waals surface area contributed by atoms with E-state index in [0.717, 1.165) is 12.1 Å². The smallest absolute Gasteiger partial charge is 0.406 e. The molecule has 0 aliphatic rings. The van der Waals surface area contributed by atoms with E-state index >= 15 is 0 Å². The molecule has 0 fully saturated rings. The van der Waals surface area contributed by atoms with E-state index < -0.39 is 55.0 Å². The minimum absolute atomic E-state index is 0.0787. The van der Waals surface area contributed by atoms with Gasteiger partial charge in [0, 0.05) is 6.42 Å². The maximum Gasteiger partial charge on any atom is 0.573 e. The number of aliphatic hydroxyl groups is 2. The van der Waals surface area contributed by atoms with Gasteiger partial charge in [0.15, 0.2) is 0 Å². The van der Waals surface area contributed by atoms with Crippen LogP contribution >= 0.6 is 0 Å². The number of halogens is 6. The van der Waals surface area contributed by atoms with Crippen LogP contribution in [0.2, 0.25) is 0 Å². The third kappa shape index (κ3) is 8.62. The van der Waals surface area contributed by atoms with E-state index in [1.807, 2.05) is 0 Å². The molecule has 0 aliphatic carbocycles. The molecule has 3 atom stereocenters. The van der Waals surface area contributed by atoms with Crippen molar-refractivity contribution in [3.63, 3.8) is 0 Å². The molecule has 3 aromatic carbocycles. The molecule has 0 aliphatic heterocycles. The highest BCUT2D eigenvalue weighted by molar-refractivity contribution is 5.76. The Labute approximate surface area is 226 Å². The number of ether oxygens (including phenoxy) is 1. The van der Waals surface area contributed by atoms with Crippen LogP contribution in [0.25, 0.3) is 0 Å². The fraction of sp³-hybridized carbons (Fsp3) is 0.321. The Bertz CT molecular complexity index is 1210. The number of hydrogen-bond donors (Lipinski definition) is 4. The van der Waals surface area contributed by atoms with E-state index in [9.17, 15) is 41.4 Å². The molecule has 216 valence electrons. The van der Waals surface area contributed by atoms with E-state index in [1.165, 1.54) is 43.3 Å². The maximum absolute atomic E-state index is 13.3. The zero-order valence-electron chi connectivity index (χ0n) is 21.3. The van der Waals surface area contributed by atoms with Gasteiger partial charge < -0.3 is 25.6 Å². The first-order valence-corrected chi connectivity index (χ1v) is 12.1. The lowest BCUT2D eigenvalue weighted by atomic mass is 9.77. The van der Waals surface area contributed by atoms with Gasteiger partial charge in [0.05, 0.1) is 30.7 Å². The van der Waals surface area contributed by atoms with Crippen molar-refractivity contribution in [1.82, 2.24) is 10.6 Å². The molecule has 0 radical (unpaired) electrons. The quantitative estimate of drug-likeness (QED) is 0.252. The third-order valence-corrected chi connectivity index (χ3v) is 6.12. The predicted octanol–water partition coefficient (Wildman–Crippen LogP) is 5.22. The molecule has 3 aromatic rings. The van der Waals surface area contributed by atoms with Gasteiger partial charge in [-0.2, -0.15) is 13.2 Å². The SMILES string of the molecule is C[C@@H](O)[C@@H](CO)NC(=O)NC(Cc1ccccc1)(c1cccc(CC(F)(F)F)c1)c1cccc(OC(F)(F)F)c1. The molecular weight excluding hydrogens is 542 g/mol. The summed E-state index contributed by atoms with van der Waals surface area (Å²) >= 11 is 0. The molecule has 0 saturated heterocycles. The van der Waals surface area contributed by atoms with Crippen molar-refractivity contribution in [1.29, 1.82) is 0 Å². The number of aliphatic hydroxyl groups excluding tert-OH is 2. The van der Waals surface area contributed by atoms with E-state index in [2.05, 4.69) is 15.4 Å². The summed E-state index contributed by atoms with van der Waals surface area (Å²) in [6, 6.07) is 16.5. The van der Waals surface area contributed by atoms with E-state index in [4.69, 9.17) is 0 Å². The van der Waals surface area contributed by atoms with Crippen LogP contribution < -0.4 is 15.4 Å². The molecule has 0 aromatic heterocycles. The first-order valence-electron chi connectivity index (χ1n) is 12.1. The summed E-state index contributed by atoms with van der Waals surface area (Å²) in [5, 5.41) is 24.6. The predicted molar refractivity (Wildman–Crippen MR) is 134 cm³/mol. The molecule has 0 heterocycles. The van der Waals surface area contributed by atoms with Crippen molar-refractivity contribution in [2.24, 2.45) is 0 Å². The van der Waals surface area contributed by atoms with Gasteiger partial charge in [-0.05, 0) is 41.3 Å². The summed E-state index contributed by atoms with van der Waals surface area (Å²) in [4.78, 5) is 13.3. The highest BCUT2D eigenvalue weighted by atomic mass is 19.4. The summed E-state index contributed by atoms with van der Waals surface area (Å²) < 4.78 is 83.1. The van der Waals surface area contributed by atoms with Crippen LogP contribution in [0.4, 0.5) is 31.1 Å². The fourth-order valence-corrected chi connectivity index (χ4v) is 4.32. The van der Waals surface area contributed by atoms with E-state index in [0.29, 0.717) is 5.56 Å². The van der Waals surface area contributed by atoms with Gasteiger partial charge in [-0.25, -0.2) is 4.79 Å². The number of nitrogens with one attached hydrogen (secondary N) is 2. The van der Waals surface area contributed by atoms with Crippen molar-refractivity contribution in [2.75, 3.05) is 6.61 Å². The first-order chi connectivity index (χ1) is 18.7. The number of carbonyl (C=O) groups is 1. The van der Waals surface area contributed by atoms with Crippen molar-refractivity contribution in [3.8, 4) is 5.75 Å². The van der Waals surface area contributed by atoms with Gasteiger partial charge in [0.1, 0.15) is 5.75 Å². The van der Waals surface area contributed by atoms with Crippen molar-refractivity contribution < 1.29 is 46.1 Å².